The predicted molar refractivity (Wildman–Crippen MR) is 65.4 cm³/mol. The first-order valence-corrected chi connectivity index (χ1v) is 5.07. The van der Waals surface area contributed by atoms with E-state index in [0.29, 0.717) is 5.82 Å². The van der Waals surface area contributed by atoms with E-state index in [0.717, 1.165) is 11.4 Å². The average molecular weight is 225 g/mol. The zero-order valence-corrected chi connectivity index (χ0v) is 9.33. The first-order valence-electron chi connectivity index (χ1n) is 5.07. The van der Waals surface area contributed by atoms with Crippen molar-refractivity contribution in [3.8, 4) is 6.19 Å². The molecule has 84 valence electrons. The number of rotatable bonds is 2. The van der Waals surface area contributed by atoms with Gasteiger partial charge in [-0.25, -0.2) is 9.88 Å². The Morgan fingerprint density at radius 1 is 1.24 bits per heavy atom. The van der Waals surface area contributed by atoms with Crippen LogP contribution in [0.3, 0.4) is 0 Å². The van der Waals surface area contributed by atoms with Crippen molar-refractivity contribution < 1.29 is 0 Å². The maximum Gasteiger partial charge on any atom is 0.222 e. The molecule has 0 aliphatic rings. The van der Waals surface area contributed by atoms with Crippen LogP contribution in [0.1, 0.15) is 5.69 Å². The van der Waals surface area contributed by atoms with Gasteiger partial charge in [-0.05, 0) is 19.1 Å². The van der Waals surface area contributed by atoms with Crippen molar-refractivity contribution in [1.82, 2.24) is 9.97 Å². The van der Waals surface area contributed by atoms with Crippen LogP contribution in [0.4, 0.5) is 17.5 Å². The number of hydrogen-bond donors (Lipinski definition) is 1. The largest absolute Gasteiger partial charge is 0.368 e. The van der Waals surface area contributed by atoms with E-state index in [9.17, 15) is 5.26 Å². The lowest BCUT2D eigenvalue weighted by atomic mass is 10.3. The minimum absolute atomic E-state index is 0.163. The number of nitriles is 1. The normalized spacial score (nSPS) is 9.65. The van der Waals surface area contributed by atoms with Crippen LogP contribution in [0.2, 0.25) is 0 Å². The number of anilines is 3. The van der Waals surface area contributed by atoms with Crippen LogP contribution >= 0.6 is 0 Å². The third kappa shape index (κ3) is 2.32. The SMILES string of the molecule is Cc1cc(N(C#N)c2ccccc2)nc(N)n1. The molecule has 17 heavy (non-hydrogen) atoms. The Hall–Kier alpha value is -2.61. The molecule has 0 bridgehead atoms. The third-order valence-electron chi connectivity index (χ3n) is 2.20. The Morgan fingerprint density at radius 2 is 1.94 bits per heavy atom. The highest BCUT2D eigenvalue weighted by molar-refractivity contribution is 5.64. The van der Waals surface area contributed by atoms with Gasteiger partial charge >= 0.3 is 0 Å². The van der Waals surface area contributed by atoms with E-state index >= 15 is 0 Å². The molecular formula is C12H11N5. The minimum atomic E-state index is 0.163. The second kappa shape index (κ2) is 4.49. The first kappa shape index (κ1) is 10.9. The van der Waals surface area contributed by atoms with E-state index in [4.69, 9.17) is 5.73 Å². The van der Waals surface area contributed by atoms with Crippen LogP contribution in [-0.4, -0.2) is 9.97 Å². The van der Waals surface area contributed by atoms with E-state index < -0.39 is 0 Å². The van der Waals surface area contributed by atoms with Gasteiger partial charge in [0.15, 0.2) is 12.0 Å². The van der Waals surface area contributed by atoms with E-state index in [1.165, 1.54) is 4.90 Å². The van der Waals surface area contributed by atoms with Crippen molar-refractivity contribution in [3.63, 3.8) is 0 Å². The Bertz CT molecular complexity index is 539. The molecule has 0 saturated heterocycles. The molecule has 0 radical (unpaired) electrons. The van der Waals surface area contributed by atoms with E-state index in [1.54, 1.807) is 6.07 Å². The quantitative estimate of drug-likeness (QED) is 0.624. The number of hydrogen-bond acceptors (Lipinski definition) is 5. The molecule has 1 aromatic heterocycles. The van der Waals surface area contributed by atoms with Crippen LogP contribution in [0.15, 0.2) is 36.4 Å². The van der Waals surface area contributed by atoms with Gasteiger partial charge < -0.3 is 5.73 Å². The van der Waals surface area contributed by atoms with E-state index in [-0.39, 0.29) is 5.95 Å². The molecule has 0 fully saturated rings. The summed E-state index contributed by atoms with van der Waals surface area (Å²) >= 11 is 0. The number of nitrogens with zero attached hydrogens (tertiary/aromatic N) is 4. The number of nitrogen functional groups attached to an aromatic ring is 1. The molecule has 0 aliphatic heterocycles. The molecule has 0 aliphatic carbocycles. The lowest BCUT2D eigenvalue weighted by Crippen LogP contribution is -2.12. The molecule has 0 atom stereocenters. The number of benzene rings is 1. The molecule has 0 saturated carbocycles. The van der Waals surface area contributed by atoms with Crippen molar-refractivity contribution in [1.29, 1.82) is 5.26 Å². The fraction of sp³-hybridized carbons (Fsp3) is 0.0833. The van der Waals surface area contributed by atoms with Crippen molar-refractivity contribution in [3.05, 3.63) is 42.1 Å². The average Bonchev–Trinajstić information content (AvgIpc) is 2.30. The summed E-state index contributed by atoms with van der Waals surface area (Å²) in [7, 11) is 0. The van der Waals surface area contributed by atoms with Crippen molar-refractivity contribution in [2.75, 3.05) is 10.6 Å². The molecular weight excluding hydrogens is 214 g/mol. The van der Waals surface area contributed by atoms with Gasteiger partial charge in [-0.15, -0.1) is 0 Å². The molecule has 0 spiro atoms. The van der Waals surface area contributed by atoms with Gasteiger partial charge in [-0.2, -0.15) is 10.2 Å². The molecule has 5 nitrogen and oxygen atoms in total. The summed E-state index contributed by atoms with van der Waals surface area (Å²) in [4.78, 5) is 9.43. The fourth-order valence-electron chi connectivity index (χ4n) is 1.51. The molecule has 5 heteroatoms. The lowest BCUT2D eigenvalue weighted by molar-refractivity contribution is 1.08. The van der Waals surface area contributed by atoms with Crippen LogP contribution in [0.5, 0.6) is 0 Å². The maximum atomic E-state index is 9.19. The van der Waals surface area contributed by atoms with Gasteiger partial charge in [0.25, 0.3) is 0 Å². The monoisotopic (exact) mass is 225 g/mol. The van der Waals surface area contributed by atoms with Crippen molar-refractivity contribution >= 4 is 17.5 Å². The van der Waals surface area contributed by atoms with Gasteiger partial charge in [0.05, 0.1) is 5.69 Å². The van der Waals surface area contributed by atoms with Gasteiger partial charge in [-0.1, -0.05) is 18.2 Å². The summed E-state index contributed by atoms with van der Waals surface area (Å²) in [5.41, 5.74) is 7.04. The second-order valence-corrected chi connectivity index (χ2v) is 3.50. The van der Waals surface area contributed by atoms with Crippen LogP contribution in [0, 0.1) is 18.4 Å². The molecule has 1 aromatic carbocycles. The van der Waals surface area contributed by atoms with Crippen molar-refractivity contribution in [2.24, 2.45) is 0 Å². The smallest absolute Gasteiger partial charge is 0.222 e. The predicted octanol–water partition coefficient (Wildman–Crippen LogP) is 1.99. The highest BCUT2D eigenvalue weighted by atomic mass is 15.2. The minimum Gasteiger partial charge on any atom is -0.368 e. The van der Waals surface area contributed by atoms with Gasteiger partial charge in [0.2, 0.25) is 5.95 Å². The van der Waals surface area contributed by atoms with Crippen molar-refractivity contribution in [2.45, 2.75) is 6.92 Å². The third-order valence-corrected chi connectivity index (χ3v) is 2.20. The molecule has 2 N–H and O–H groups in total. The summed E-state index contributed by atoms with van der Waals surface area (Å²) in [5, 5.41) is 9.19. The van der Waals surface area contributed by atoms with Gasteiger partial charge in [0.1, 0.15) is 0 Å². The Balaban J connectivity index is 2.47. The van der Waals surface area contributed by atoms with Crippen LogP contribution < -0.4 is 10.6 Å². The van der Waals surface area contributed by atoms with Crippen LogP contribution in [0.25, 0.3) is 0 Å². The summed E-state index contributed by atoms with van der Waals surface area (Å²) in [6, 6.07) is 11.0. The molecule has 1 heterocycles. The molecule has 0 amide bonds. The fourth-order valence-corrected chi connectivity index (χ4v) is 1.51. The molecule has 0 unspecified atom stereocenters. The number of nitrogens with two attached hydrogens (primary N) is 1. The summed E-state index contributed by atoms with van der Waals surface area (Å²) in [6.07, 6.45) is 2.08. The lowest BCUT2D eigenvalue weighted by Gasteiger charge is -2.14. The maximum absolute atomic E-state index is 9.19. The second-order valence-electron chi connectivity index (χ2n) is 3.50. The van der Waals surface area contributed by atoms with E-state index in [2.05, 4.69) is 16.2 Å². The number of para-hydroxylation sites is 1. The Morgan fingerprint density at radius 3 is 2.53 bits per heavy atom. The number of aryl methyl sites for hydroxylation is 1. The molecule has 2 aromatic rings. The zero-order chi connectivity index (χ0) is 12.3. The van der Waals surface area contributed by atoms with Gasteiger partial charge in [0, 0.05) is 11.8 Å². The van der Waals surface area contributed by atoms with Gasteiger partial charge in [-0.3, -0.25) is 0 Å². The van der Waals surface area contributed by atoms with Crippen LogP contribution in [-0.2, 0) is 0 Å². The zero-order valence-electron chi connectivity index (χ0n) is 9.33. The Kier molecular flexibility index (Phi) is 2.88. The standard InChI is InChI=1S/C12H11N5/c1-9-7-11(16-12(14)15-9)17(8-13)10-5-3-2-4-6-10/h2-7H,1H3,(H2,14,15,16). The summed E-state index contributed by atoms with van der Waals surface area (Å²) in [5.74, 6) is 0.639. The summed E-state index contributed by atoms with van der Waals surface area (Å²) < 4.78 is 0. The first-order chi connectivity index (χ1) is 8.20. The highest BCUT2D eigenvalue weighted by Gasteiger charge is 2.10. The molecule has 2 rings (SSSR count). The topological polar surface area (TPSA) is 78.8 Å². The number of aromatic nitrogens is 2. The van der Waals surface area contributed by atoms with E-state index in [1.807, 2.05) is 37.3 Å². The summed E-state index contributed by atoms with van der Waals surface area (Å²) in [6.45, 7) is 1.81. The highest BCUT2D eigenvalue weighted by Crippen LogP contribution is 2.23. The Labute approximate surface area is 99.1 Å².